The minimum atomic E-state index is 0.0687. The molecular weight excluding hydrogens is 629 g/mol. The molecule has 3 heterocycles. The Kier molecular flexibility index (Phi) is 5.56. The van der Waals surface area contributed by atoms with Crippen LogP contribution in [-0.2, 0) is 0 Å². The van der Waals surface area contributed by atoms with Gasteiger partial charge < -0.3 is 0 Å². The van der Waals surface area contributed by atoms with Crippen molar-refractivity contribution < 1.29 is 4.42 Å². The summed E-state index contributed by atoms with van der Waals surface area (Å²) in [5.74, 6) is 2.00. The molecule has 0 aliphatic rings. The van der Waals surface area contributed by atoms with Crippen molar-refractivity contribution >= 4 is 77.3 Å². The molecule has 214 valence electrons. The molecule has 0 unspecified atom stereocenters. The van der Waals surface area contributed by atoms with E-state index in [0.717, 1.165) is 38.6 Å². The first-order valence-corrected chi connectivity index (χ1v) is 17.0. The number of hydrogen-bond donors (Lipinski definition) is 0. The van der Waals surface area contributed by atoms with Crippen molar-refractivity contribution in [3.8, 4) is 34.2 Å². The number of hydrogen-bond acceptors (Lipinski definition) is 4. The van der Waals surface area contributed by atoms with Gasteiger partial charge in [0.1, 0.15) is 0 Å². The van der Waals surface area contributed by atoms with Crippen molar-refractivity contribution in [1.82, 2.24) is 15.0 Å². The molecule has 3 aromatic heterocycles. The number of para-hydroxylation sites is 1. The number of furan rings is 1. The van der Waals surface area contributed by atoms with Gasteiger partial charge in [0, 0.05) is 0 Å². The Morgan fingerprint density at radius 1 is 0.413 bits per heavy atom. The van der Waals surface area contributed by atoms with Crippen LogP contribution in [-0.4, -0.2) is 29.5 Å². The van der Waals surface area contributed by atoms with Crippen molar-refractivity contribution in [2.75, 3.05) is 0 Å². The maximum atomic E-state index is 6.12. The summed E-state index contributed by atoms with van der Waals surface area (Å²) in [4.78, 5) is 15.3. The van der Waals surface area contributed by atoms with E-state index in [0.29, 0.717) is 17.5 Å². The van der Waals surface area contributed by atoms with Gasteiger partial charge in [-0.15, -0.1) is 0 Å². The summed E-state index contributed by atoms with van der Waals surface area (Å²) in [7, 11) is 0. The fourth-order valence-corrected chi connectivity index (χ4v) is 9.62. The summed E-state index contributed by atoms with van der Waals surface area (Å²) in [5, 5.41) is 9.95. The van der Waals surface area contributed by atoms with Crippen LogP contribution >= 0.6 is 0 Å². The van der Waals surface area contributed by atoms with Crippen LogP contribution in [0.15, 0.2) is 144 Å². The van der Waals surface area contributed by atoms with Crippen LogP contribution in [0.1, 0.15) is 0 Å². The van der Waals surface area contributed by atoms with Crippen molar-refractivity contribution in [2.24, 2.45) is 0 Å². The zero-order valence-corrected chi connectivity index (χ0v) is 26.2. The van der Waals surface area contributed by atoms with Crippen molar-refractivity contribution in [2.45, 2.75) is 0 Å². The molecule has 0 saturated heterocycles. The number of rotatable bonds is 3. The summed E-state index contributed by atoms with van der Waals surface area (Å²) in [5.41, 5.74) is 4.68. The van der Waals surface area contributed by atoms with Crippen LogP contribution in [0.25, 0.3) is 96.9 Å². The van der Waals surface area contributed by atoms with Gasteiger partial charge in [-0.3, -0.25) is 0 Å². The second-order valence-electron chi connectivity index (χ2n) is 11.6. The molecule has 0 fully saturated rings. The van der Waals surface area contributed by atoms with Gasteiger partial charge in [-0.1, -0.05) is 0 Å². The van der Waals surface area contributed by atoms with Gasteiger partial charge in [-0.25, -0.2) is 0 Å². The van der Waals surface area contributed by atoms with E-state index in [1.165, 1.54) is 40.8 Å². The molecule has 0 N–H and O–H groups in total. The first-order chi connectivity index (χ1) is 22.8. The predicted molar refractivity (Wildman–Crippen MR) is 190 cm³/mol. The van der Waals surface area contributed by atoms with Crippen LogP contribution in [0, 0.1) is 0 Å². The zero-order valence-electron chi connectivity index (χ0n) is 24.4. The van der Waals surface area contributed by atoms with E-state index in [2.05, 4.69) is 91.0 Å². The summed E-state index contributed by atoms with van der Waals surface area (Å²) < 4.78 is 8.86. The number of benzene rings is 7. The van der Waals surface area contributed by atoms with Crippen LogP contribution in [0.3, 0.4) is 0 Å². The van der Waals surface area contributed by atoms with Gasteiger partial charge in [-0.05, 0) is 0 Å². The van der Waals surface area contributed by atoms with Crippen molar-refractivity contribution in [3.63, 3.8) is 0 Å². The molecule has 10 rings (SSSR count). The Morgan fingerprint density at radius 3 is 2.00 bits per heavy atom. The first-order valence-electron chi connectivity index (χ1n) is 15.3. The van der Waals surface area contributed by atoms with E-state index in [4.69, 9.17) is 19.4 Å². The molecule has 0 aliphatic heterocycles. The zero-order chi connectivity index (χ0) is 30.2. The van der Waals surface area contributed by atoms with Crippen LogP contribution in [0.2, 0.25) is 0 Å². The third-order valence-electron chi connectivity index (χ3n) is 8.92. The molecule has 5 heteroatoms. The molecule has 0 amide bonds. The molecule has 0 atom stereocenters. The molecular formula is C41H23N3OSe. The Balaban J connectivity index is 1.24. The fourth-order valence-electron chi connectivity index (χ4n) is 6.73. The molecule has 0 radical (unpaired) electrons. The quantitative estimate of drug-likeness (QED) is 0.141. The second kappa shape index (κ2) is 9.95. The van der Waals surface area contributed by atoms with E-state index in [-0.39, 0.29) is 14.5 Å². The Morgan fingerprint density at radius 2 is 1.09 bits per heavy atom. The van der Waals surface area contributed by atoms with E-state index >= 15 is 0 Å². The Hall–Kier alpha value is -5.61. The van der Waals surface area contributed by atoms with Crippen LogP contribution < -0.4 is 0 Å². The average molecular weight is 653 g/mol. The molecule has 0 spiro atoms. The maximum absolute atomic E-state index is 6.12. The van der Waals surface area contributed by atoms with Crippen molar-refractivity contribution in [1.29, 1.82) is 0 Å². The number of nitrogens with zero attached hydrogens (tertiary/aromatic N) is 3. The molecule has 46 heavy (non-hydrogen) atoms. The van der Waals surface area contributed by atoms with Crippen LogP contribution in [0.4, 0.5) is 0 Å². The third-order valence-corrected chi connectivity index (χ3v) is 11.6. The van der Waals surface area contributed by atoms with Gasteiger partial charge in [0.2, 0.25) is 0 Å². The SMILES string of the molecule is c1ccc(-c2nc(-c3ccc4oc5ccccc5c4c3)nc(-c3cccc4c3[se]c3c4ccc4ccc5ccccc5c43)n2)cc1. The van der Waals surface area contributed by atoms with Gasteiger partial charge in [-0.2, -0.15) is 0 Å². The van der Waals surface area contributed by atoms with E-state index in [1.54, 1.807) is 0 Å². The summed E-state index contributed by atoms with van der Waals surface area (Å²) in [6.45, 7) is 0. The summed E-state index contributed by atoms with van der Waals surface area (Å²) in [6.07, 6.45) is 0. The minimum absolute atomic E-state index is 0.0687. The number of aromatic nitrogens is 3. The Labute approximate surface area is 269 Å². The van der Waals surface area contributed by atoms with Gasteiger partial charge in [0.25, 0.3) is 0 Å². The first kappa shape index (κ1) is 25.7. The molecule has 0 aliphatic carbocycles. The van der Waals surface area contributed by atoms with Crippen molar-refractivity contribution in [3.05, 3.63) is 140 Å². The van der Waals surface area contributed by atoms with Gasteiger partial charge in [0.05, 0.1) is 0 Å². The monoisotopic (exact) mass is 653 g/mol. The Bertz CT molecular complexity index is 2820. The van der Waals surface area contributed by atoms with Crippen LogP contribution in [0.5, 0.6) is 0 Å². The summed E-state index contributed by atoms with van der Waals surface area (Å²) >= 11 is 0.0687. The van der Waals surface area contributed by atoms with E-state index < -0.39 is 0 Å². The van der Waals surface area contributed by atoms with E-state index in [1.807, 2.05) is 48.5 Å². The van der Waals surface area contributed by atoms with Gasteiger partial charge in [0.15, 0.2) is 0 Å². The molecule has 7 aromatic carbocycles. The normalized spacial score (nSPS) is 11.9. The van der Waals surface area contributed by atoms with E-state index in [9.17, 15) is 0 Å². The molecule has 4 nitrogen and oxygen atoms in total. The molecule has 0 bridgehead atoms. The predicted octanol–water partition coefficient (Wildman–Crippen LogP) is 10.4. The average Bonchev–Trinajstić information content (AvgIpc) is 3.70. The second-order valence-corrected chi connectivity index (χ2v) is 13.7. The molecule has 10 aromatic rings. The topological polar surface area (TPSA) is 51.8 Å². The van der Waals surface area contributed by atoms with Gasteiger partial charge >= 0.3 is 270 Å². The third kappa shape index (κ3) is 3.89. The summed E-state index contributed by atoms with van der Waals surface area (Å²) in [6, 6.07) is 48.9. The standard InChI is InChI=1S/C41H23N3OSe/c1-2-10-26(11-3-1)39-42-40(27-20-22-35-33(23-27)29-13-6-7-16-34(29)45-35)44-41(43-39)32-15-8-14-30-31-21-19-25-18-17-24-9-4-5-12-28(24)36(25)38(31)46-37(30)32/h1-23H. The molecule has 0 saturated carbocycles. The number of fused-ring (bicyclic) bond motifs is 10. The fraction of sp³-hybridized carbons (Fsp3) is 0.